The molecule has 3 aromatic carbocycles. The molecule has 0 spiro atoms. The van der Waals surface area contributed by atoms with Crippen molar-refractivity contribution in [2.24, 2.45) is 4.99 Å². The maximum atomic E-state index is 12.2. The summed E-state index contributed by atoms with van der Waals surface area (Å²) in [5.74, 6) is -0.285. The Hall–Kier alpha value is -3.91. The third-order valence-electron chi connectivity index (χ3n) is 4.19. The zero-order valence-corrected chi connectivity index (χ0v) is 16.4. The van der Waals surface area contributed by atoms with Crippen molar-refractivity contribution in [1.82, 2.24) is 5.32 Å². The summed E-state index contributed by atoms with van der Waals surface area (Å²) in [4.78, 5) is 27.6. The number of nitro groups is 1. The first-order valence-corrected chi connectivity index (χ1v) is 9.85. The molecule has 0 atom stereocenters. The Labute approximate surface area is 176 Å². The molecule has 1 aliphatic heterocycles. The molecule has 0 aliphatic carbocycles. The van der Waals surface area contributed by atoms with Crippen LogP contribution in [0.5, 0.6) is 0 Å². The van der Waals surface area contributed by atoms with Gasteiger partial charge in [0.15, 0.2) is 5.17 Å². The molecule has 1 aliphatic rings. The van der Waals surface area contributed by atoms with Gasteiger partial charge >= 0.3 is 0 Å². The van der Waals surface area contributed by atoms with Gasteiger partial charge in [0.1, 0.15) is 0 Å². The van der Waals surface area contributed by atoms with E-state index in [4.69, 9.17) is 0 Å². The van der Waals surface area contributed by atoms with E-state index in [1.807, 2.05) is 54.6 Å². The van der Waals surface area contributed by atoms with Gasteiger partial charge in [-0.1, -0.05) is 30.3 Å². The number of nitro benzene ring substituents is 1. The van der Waals surface area contributed by atoms with Crippen LogP contribution in [0.4, 0.5) is 22.7 Å². The molecule has 1 fully saturated rings. The molecule has 0 radical (unpaired) electrons. The zero-order chi connectivity index (χ0) is 20.9. The van der Waals surface area contributed by atoms with Crippen molar-refractivity contribution in [3.05, 3.63) is 99.4 Å². The van der Waals surface area contributed by atoms with Gasteiger partial charge < -0.3 is 10.6 Å². The topological polar surface area (TPSA) is 96.6 Å². The lowest BCUT2D eigenvalue weighted by molar-refractivity contribution is -0.384. The van der Waals surface area contributed by atoms with Crippen LogP contribution in [0, 0.1) is 10.1 Å². The number of amidine groups is 1. The highest BCUT2D eigenvalue weighted by Crippen LogP contribution is 2.29. The smallest absolute Gasteiger partial charge is 0.270 e. The van der Waals surface area contributed by atoms with Gasteiger partial charge in [0, 0.05) is 23.5 Å². The highest BCUT2D eigenvalue weighted by atomic mass is 32.2. The van der Waals surface area contributed by atoms with Crippen molar-refractivity contribution in [3.8, 4) is 0 Å². The summed E-state index contributed by atoms with van der Waals surface area (Å²) < 4.78 is 0. The Morgan fingerprint density at radius 3 is 2.43 bits per heavy atom. The number of carbonyl (C=O) groups excluding carboxylic acids is 1. The van der Waals surface area contributed by atoms with E-state index in [9.17, 15) is 14.9 Å². The molecule has 1 heterocycles. The molecular formula is C22H16N4O3S. The van der Waals surface area contributed by atoms with Crippen LogP contribution in [0.25, 0.3) is 6.08 Å². The predicted molar refractivity (Wildman–Crippen MR) is 120 cm³/mol. The summed E-state index contributed by atoms with van der Waals surface area (Å²) in [5.41, 5.74) is 3.18. The number of non-ortho nitro benzene ring substituents is 1. The summed E-state index contributed by atoms with van der Waals surface area (Å²) in [6, 6.07) is 23.5. The lowest BCUT2D eigenvalue weighted by atomic mass is 10.2. The van der Waals surface area contributed by atoms with Crippen molar-refractivity contribution in [1.29, 1.82) is 0 Å². The second kappa shape index (κ2) is 8.62. The van der Waals surface area contributed by atoms with Gasteiger partial charge in [-0.3, -0.25) is 14.9 Å². The highest BCUT2D eigenvalue weighted by Gasteiger charge is 2.24. The molecule has 0 saturated carbocycles. The first-order chi connectivity index (χ1) is 14.6. The van der Waals surface area contributed by atoms with E-state index >= 15 is 0 Å². The Morgan fingerprint density at radius 1 is 0.967 bits per heavy atom. The second-order valence-electron chi connectivity index (χ2n) is 6.37. The molecule has 148 valence electrons. The van der Waals surface area contributed by atoms with Gasteiger partial charge in [-0.15, -0.1) is 0 Å². The summed E-state index contributed by atoms with van der Waals surface area (Å²) >= 11 is 1.19. The predicted octanol–water partition coefficient (Wildman–Crippen LogP) is 5.23. The fourth-order valence-corrected chi connectivity index (χ4v) is 3.63. The van der Waals surface area contributed by atoms with Gasteiger partial charge in [-0.25, -0.2) is 4.99 Å². The lowest BCUT2D eigenvalue weighted by Gasteiger charge is -2.06. The van der Waals surface area contributed by atoms with Crippen molar-refractivity contribution < 1.29 is 9.72 Å². The molecule has 1 amide bonds. The number of carbonyl (C=O) groups is 1. The van der Waals surface area contributed by atoms with Crippen LogP contribution in [0.15, 0.2) is 88.8 Å². The van der Waals surface area contributed by atoms with E-state index in [0.29, 0.717) is 21.3 Å². The molecule has 2 N–H and O–H groups in total. The number of aliphatic imine (C=N–C) groups is 1. The number of hydrogen-bond acceptors (Lipinski definition) is 6. The fourth-order valence-electron chi connectivity index (χ4n) is 2.78. The Morgan fingerprint density at radius 2 is 1.70 bits per heavy atom. The van der Waals surface area contributed by atoms with E-state index in [0.717, 1.165) is 11.4 Å². The first-order valence-electron chi connectivity index (χ1n) is 9.03. The monoisotopic (exact) mass is 416 g/mol. The molecule has 0 aromatic heterocycles. The molecular weight excluding hydrogens is 400 g/mol. The maximum absolute atomic E-state index is 12.2. The number of thioether (sulfide) groups is 1. The number of amides is 1. The highest BCUT2D eigenvalue weighted by molar-refractivity contribution is 8.18. The zero-order valence-electron chi connectivity index (χ0n) is 15.6. The summed E-state index contributed by atoms with van der Waals surface area (Å²) in [6.45, 7) is 0. The van der Waals surface area contributed by atoms with Crippen LogP contribution < -0.4 is 10.6 Å². The molecule has 1 saturated heterocycles. The largest absolute Gasteiger partial charge is 0.356 e. The molecule has 4 rings (SSSR count). The van der Waals surface area contributed by atoms with Crippen LogP contribution in [0.1, 0.15) is 5.56 Å². The van der Waals surface area contributed by atoms with E-state index in [-0.39, 0.29) is 11.6 Å². The van der Waals surface area contributed by atoms with Gasteiger partial charge in [0.2, 0.25) is 0 Å². The van der Waals surface area contributed by atoms with Crippen molar-refractivity contribution in [2.45, 2.75) is 0 Å². The maximum Gasteiger partial charge on any atom is 0.270 e. The Balaban J connectivity index is 1.47. The minimum absolute atomic E-state index is 0.0224. The molecule has 7 nitrogen and oxygen atoms in total. The first kappa shape index (κ1) is 19.4. The van der Waals surface area contributed by atoms with E-state index in [1.54, 1.807) is 18.2 Å². The molecule has 3 aromatic rings. The average Bonchev–Trinajstić information content (AvgIpc) is 3.09. The van der Waals surface area contributed by atoms with Crippen LogP contribution in [0.2, 0.25) is 0 Å². The van der Waals surface area contributed by atoms with Gasteiger partial charge in [0.05, 0.1) is 15.5 Å². The van der Waals surface area contributed by atoms with Crippen LogP contribution >= 0.6 is 11.8 Å². The summed E-state index contributed by atoms with van der Waals surface area (Å²) in [7, 11) is 0. The van der Waals surface area contributed by atoms with E-state index in [2.05, 4.69) is 15.6 Å². The Bertz CT molecular complexity index is 1160. The minimum Gasteiger partial charge on any atom is -0.356 e. The van der Waals surface area contributed by atoms with Crippen LogP contribution in [-0.2, 0) is 4.79 Å². The third-order valence-corrected chi connectivity index (χ3v) is 5.10. The molecule has 8 heteroatoms. The minimum atomic E-state index is -0.465. The molecule has 30 heavy (non-hydrogen) atoms. The Kier molecular flexibility index (Phi) is 5.58. The molecule has 0 unspecified atom stereocenters. The standard InChI is InChI=1S/C22H16N4O3S/c27-21-20(14-15-5-4-8-19(13-15)26(28)29)30-22(25-21)24-18-11-9-17(10-12-18)23-16-6-2-1-3-7-16/h1-14,23H,(H,24,25,27)/b20-14-. The van der Waals surface area contributed by atoms with Gasteiger partial charge in [0.25, 0.3) is 11.6 Å². The van der Waals surface area contributed by atoms with E-state index in [1.165, 1.54) is 23.9 Å². The van der Waals surface area contributed by atoms with Gasteiger partial charge in [-0.05, 0) is 59.8 Å². The van der Waals surface area contributed by atoms with E-state index < -0.39 is 4.92 Å². The SMILES string of the molecule is O=C1NC(=Nc2ccc(Nc3ccccc3)cc2)S/C1=C\c1cccc([N+](=O)[O-])c1. The fraction of sp³-hybridized carbons (Fsp3) is 0. The number of anilines is 2. The number of para-hydroxylation sites is 1. The number of hydrogen-bond donors (Lipinski definition) is 2. The summed E-state index contributed by atoms with van der Waals surface area (Å²) in [5, 5.41) is 17.4. The second-order valence-corrected chi connectivity index (χ2v) is 7.40. The lowest BCUT2D eigenvalue weighted by Crippen LogP contribution is -2.19. The van der Waals surface area contributed by atoms with Crippen molar-refractivity contribution in [3.63, 3.8) is 0 Å². The number of nitrogens with zero attached hydrogens (tertiary/aromatic N) is 2. The normalized spacial score (nSPS) is 15.9. The number of nitrogens with one attached hydrogen (secondary N) is 2. The van der Waals surface area contributed by atoms with Gasteiger partial charge in [-0.2, -0.15) is 0 Å². The molecule has 0 bridgehead atoms. The number of benzene rings is 3. The number of rotatable bonds is 5. The quantitative estimate of drug-likeness (QED) is 0.337. The van der Waals surface area contributed by atoms with Crippen LogP contribution in [-0.4, -0.2) is 16.0 Å². The average molecular weight is 416 g/mol. The van der Waals surface area contributed by atoms with Crippen LogP contribution in [0.3, 0.4) is 0 Å². The summed E-state index contributed by atoms with van der Waals surface area (Å²) in [6.07, 6.45) is 1.61. The third kappa shape index (κ3) is 4.73. The van der Waals surface area contributed by atoms with Crippen molar-refractivity contribution >= 4 is 51.7 Å². The van der Waals surface area contributed by atoms with Crippen molar-refractivity contribution in [2.75, 3.05) is 5.32 Å².